The molecule has 0 aromatic rings. The van der Waals surface area contributed by atoms with Crippen molar-refractivity contribution in [3.05, 3.63) is 0 Å². The smallest absolute Gasteiger partial charge is 0.0260 e. The van der Waals surface area contributed by atoms with Crippen molar-refractivity contribution in [1.29, 1.82) is 0 Å². The largest absolute Gasteiger partial charge is 0.312 e. The topological polar surface area (TPSA) is 15.3 Å². The van der Waals surface area contributed by atoms with Crippen LogP contribution in [0.1, 0.15) is 19.8 Å². The molecule has 1 N–H and O–H groups in total. The highest BCUT2D eigenvalue weighted by atomic mass is 15.2. The maximum Gasteiger partial charge on any atom is 0.0260 e. The predicted octanol–water partition coefficient (Wildman–Crippen LogP) is 0.690. The molecular weight excluding hydrogens is 136 g/mol. The van der Waals surface area contributed by atoms with Crippen LogP contribution in [0.4, 0.5) is 0 Å². The van der Waals surface area contributed by atoms with Crippen LogP contribution in [0.3, 0.4) is 0 Å². The lowest BCUT2D eigenvalue weighted by Gasteiger charge is -2.35. The van der Waals surface area contributed by atoms with E-state index in [1.54, 1.807) is 0 Å². The van der Waals surface area contributed by atoms with E-state index in [0.29, 0.717) is 5.41 Å². The zero-order valence-electron chi connectivity index (χ0n) is 7.56. The molecule has 2 atom stereocenters. The summed E-state index contributed by atoms with van der Waals surface area (Å²) in [6.07, 6.45) is 2.77. The summed E-state index contributed by atoms with van der Waals surface area (Å²) in [5.41, 5.74) is 0.576. The van der Waals surface area contributed by atoms with Gasteiger partial charge in [0.1, 0.15) is 0 Å². The molecule has 2 aliphatic heterocycles. The van der Waals surface area contributed by atoms with Crippen molar-refractivity contribution >= 4 is 0 Å². The number of likely N-dealkylation sites (N-methyl/N-ethyl adjacent to an activating group) is 1. The molecule has 2 saturated heterocycles. The fraction of sp³-hybridized carbons (Fsp3) is 1.00. The minimum absolute atomic E-state index is 0.576. The quantitative estimate of drug-likeness (QED) is 0.552. The Morgan fingerprint density at radius 1 is 1.55 bits per heavy atom. The highest BCUT2D eigenvalue weighted by Crippen LogP contribution is 2.36. The molecule has 2 heteroatoms. The molecule has 0 aromatic carbocycles. The standard InChI is InChI=1S/C9H18N2/c1-9-4-3-5-10-8(9)6-11(2)7-9/h8,10H,3-7H2,1-2H3/t8-,9-/m0/s1. The Morgan fingerprint density at radius 2 is 2.36 bits per heavy atom. The van der Waals surface area contributed by atoms with Gasteiger partial charge in [0.15, 0.2) is 0 Å². The monoisotopic (exact) mass is 154 g/mol. The summed E-state index contributed by atoms with van der Waals surface area (Å²) in [5, 5.41) is 3.61. The highest BCUT2D eigenvalue weighted by molar-refractivity contribution is 4.99. The zero-order valence-corrected chi connectivity index (χ0v) is 7.56. The molecule has 0 radical (unpaired) electrons. The first-order valence-electron chi connectivity index (χ1n) is 4.63. The van der Waals surface area contributed by atoms with Gasteiger partial charge in [0.05, 0.1) is 0 Å². The molecule has 11 heavy (non-hydrogen) atoms. The maximum atomic E-state index is 3.61. The van der Waals surface area contributed by atoms with Crippen LogP contribution in [0.5, 0.6) is 0 Å². The first-order valence-corrected chi connectivity index (χ1v) is 4.63. The number of piperidine rings is 1. The molecule has 0 aliphatic carbocycles. The van der Waals surface area contributed by atoms with E-state index in [1.165, 1.54) is 32.5 Å². The van der Waals surface area contributed by atoms with Crippen molar-refractivity contribution < 1.29 is 0 Å². The Bertz CT molecular complexity index is 158. The molecule has 64 valence electrons. The summed E-state index contributed by atoms with van der Waals surface area (Å²) < 4.78 is 0. The Labute approximate surface area is 69.0 Å². The Balaban J connectivity index is 2.11. The second-order valence-electron chi connectivity index (χ2n) is 4.46. The van der Waals surface area contributed by atoms with Crippen LogP contribution < -0.4 is 5.32 Å². The summed E-state index contributed by atoms with van der Waals surface area (Å²) in [7, 11) is 2.23. The van der Waals surface area contributed by atoms with Crippen molar-refractivity contribution in [3.8, 4) is 0 Å². The van der Waals surface area contributed by atoms with Gasteiger partial charge in [0, 0.05) is 19.1 Å². The molecule has 0 spiro atoms. The molecule has 2 heterocycles. The predicted molar refractivity (Wildman–Crippen MR) is 46.6 cm³/mol. The highest BCUT2D eigenvalue weighted by Gasteiger charge is 2.42. The van der Waals surface area contributed by atoms with Gasteiger partial charge >= 0.3 is 0 Å². The van der Waals surface area contributed by atoms with Gasteiger partial charge in [-0.3, -0.25) is 0 Å². The molecular formula is C9H18N2. The van der Waals surface area contributed by atoms with Crippen LogP contribution in [0, 0.1) is 5.41 Å². The van der Waals surface area contributed by atoms with Crippen molar-refractivity contribution in [2.45, 2.75) is 25.8 Å². The van der Waals surface area contributed by atoms with Crippen LogP contribution >= 0.6 is 0 Å². The van der Waals surface area contributed by atoms with Crippen LogP contribution in [-0.2, 0) is 0 Å². The van der Waals surface area contributed by atoms with Gasteiger partial charge in [-0.2, -0.15) is 0 Å². The molecule has 2 rings (SSSR count). The summed E-state index contributed by atoms with van der Waals surface area (Å²) >= 11 is 0. The number of fused-ring (bicyclic) bond motifs is 1. The molecule has 2 fully saturated rings. The second-order valence-corrected chi connectivity index (χ2v) is 4.46. The van der Waals surface area contributed by atoms with Crippen LogP contribution in [-0.4, -0.2) is 37.6 Å². The lowest BCUT2D eigenvalue weighted by atomic mass is 9.78. The lowest BCUT2D eigenvalue weighted by Crippen LogP contribution is -2.47. The first-order chi connectivity index (χ1) is 5.21. The van der Waals surface area contributed by atoms with Crippen molar-refractivity contribution in [1.82, 2.24) is 10.2 Å². The van der Waals surface area contributed by atoms with Gasteiger partial charge < -0.3 is 10.2 Å². The van der Waals surface area contributed by atoms with Crippen molar-refractivity contribution in [3.63, 3.8) is 0 Å². The fourth-order valence-electron chi connectivity index (χ4n) is 2.66. The molecule has 2 nitrogen and oxygen atoms in total. The maximum absolute atomic E-state index is 3.61. The molecule has 2 aliphatic rings. The van der Waals surface area contributed by atoms with E-state index in [9.17, 15) is 0 Å². The molecule has 0 amide bonds. The zero-order chi connectivity index (χ0) is 7.90. The van der Waals surface area contributed by atoms with E-state index >= 15 is 0 Å². The van der Waals surface area contributed by atoms with E-state index in [4.69, 9.17) is 0 Å². The van der Waals surface area contributed by atoms with Gasteiger partial charge in [-0.25, -0.2) is 0 Å². The normalized spacial score (nSPS) is 45.8. The average Bonchev–Trinajstić information content (AvgIpc) is 2.22. The Hall–Kier alpha value is -0.0800. The van der Waals surface area contributed by atoms with Gasteiger partial charge in [-0.15, -0.1) is 0 Å². The molecule has 0 unspecified atom stereocenters. The lowest BCUT2D eigenvalue weighted by molar-refractivity contribution is 0.205. The molecule has 0 bridgehead atoms. The number of hydrogen-bond donors (Lipinski definition) is 1. The minimum Gasteiger partial charge on any atom is -0.312 e. The fourth-order valence-corrected chi connectivity index (χ4v) is 2.66. The Kier molecular flexibility index (Phi) is 1.69. The number of likely N-dealkylation sites (tertiary alicyclic amines) is 1. The summed E-state index contributed by atoms with van der Waals surface area (Å²) in [4.78, 5) is 2.45. The van der Waals surface area contributed by atoms with Gasteiger partial charge in [-0.1, -0.05) is 6.92 Å². The number of rotatable bonds is 0. The number of nitrogens with one attached hydrogen (secondary N) is 1. The second kappa shape index (κ2) is 2.46. The van der Waals surface area contributed by atoms with E-state index in [2.05, 4.69) is 24.2 Å². The average molecular weight is 154 g/mol. The minimum atomic E-state index is 0.576. The van der Waals surface area contributed by atoms with Crippen LogP contribution in [0.25, 0.3) is 0 Å². The summed E-state index contributed by atoms with van der Waals surface area (Å²) in [5.74, 6) is 0. The first kappa shape index (κ1) is 7.56. The summed E-state index contributed by atoms with van der Waals surface area (Å²) in [6, 6.07) is 0.765. The van der Waals surface area contributed by atoms with Gasteiger partial charge in [-0.05, 0) is 31.8 Å². The third-order valence-corrected chi connectivity index (χ3v) is 3.28. The van der Waals surface area contributed by atoms with E-state index in [-0.39, 0.29) is 0 Å². The van der Waals surface area contributed by atoms with E-state index in [0.717, 1.165) is 6.04 Å². The van der Waals surface area contributed by atoms with Gasteiger partial charge in [0.2, 0.25) is 0 Å². The van der Waals surface area contributed by atoms with Crippen molar-refractivity contribution in [2.24, 2.45) is 5.41 Å². The Morgan fingerprint density at radius 3 is 3.09 bits per heavy atom. The number of hydrogen-bond acceptors (Lipinski definition) is 2. The van der Waals surface area contributed by atoms with E-state index < -0.39 is 0 Å². The van der Waals surface area contributed by atoms with Crippen LogP contribution in [0.2, 0.25) is 0 Å². The third-order valence-electron chi connectivity index (χ3n) is 3.28. The molecule has 0 aromatic heterocycles. The molecule has 0 saturated carbocycles. The number of nitrogens with zero attached hydrogens (tertiary/aromatic N) is 1. The van der Waals surface area contributed by atoms with Gasteiger partial charge in [0.25, 0.3) is 0 Å². The summed E-state index contributed by atoms with van der Waals surface area (Å²) in [6.45, 7) is 6.18. The third kappa shape index (κ3) is 1.18. The van der Waals surface area contributed by atoms with E-state index in [1.807, 2.05) is 0 Å². The SMILES string of the molecule is CN1C[C@@H]2NCCC[C@@]2(C)C1. The van der Waals surface area contributed by atoms with Crippen LogP contribution in [0.15, 0.2) is 0 Å². The van der Waals surface area contributed by atoms with Crippen molar-refractivity contribution in [2.75, 3.05) is 26.7 Å².